The first-order valence-electron chi connectivity index (χ1n) is 4.98. The second-order valence-electron chi connectivity index (χ2n) is 4.50. The van der Waals surface area contributed by atoms with Crippen LogP contribution in [0.5, 0.6) is 0 Å². The third-order valence-corrected chi connectivity index (χ3v) is 3.30. The lowest BCUT2D eigenvalue weighted by atomic mass is 10.1. The van der Waals surface area contributed by atoms with E-state index in [9.17, 15) is 0 Å². The normalized spacial score (nSPS) is 28.9. The molecule has 0 aromatic heterocycles. The van der Waals surface area contributed by atoms with Crippen molar-refractivity contribution in [1.29, 1.82) is 0 Å². The summed E-state index contributed by atoms with van der Waals surface area (Å²) in [4.78, 5) is 2.98. The molecule has 0 aromatic rings. The monoisotopic (exact) mass is 200 g/mol. The summed E-state index contributed by atoms with van der Waals surface area (Å²) in [7, 11) is 2.15. The average Bonchev–Trinajstić information content (AvgIpc) is 2.65. The zero-order valence-corrected chi connectivity index (χ0v) is 9.60. The van der Waals surface area contributed by atoms with Gasteiger partial charge in [-0.3, -0.25) is 0 Å². The fourth-order valence-corrected chi connectivity index (χ4v) is 1.76. The summed E-state index contributed by atoms with van der Waals surface area (Å²) in [5.74, 6) is 2.19. The first-order chi connectivity index (χ1) is 6.00. The lowest BCUT2D eigenvalue weighted by Gasteiger charge is -2.20. The van der Waals surface area contributed by atoms with Crippen LogP contribution in [0.25, 0.3) is 0 Å². The van der Waals surface area contributed by atoms with Crippen molar-refractivity contribution in [1.82, 2.24) is 4.90 Å². The van der Waals surface area contributed by atoms with Gasteiger partial charge in [0.25, 0.3) is 0 Å². The second-order valence-corrected chi connectivity index (χ2v) is 4.97. The van der Waals surface area contributed by atoms with Gasteiger partial charge in [0.1, 0.15) is 0 Å². The topological polar surface area (TPSA) is 29.3 Å². The van der Waals surface area contributed by atoms with Gasteiger partial charge in [0.15, 0.2) is 0 Å². The molecule has 0 amide bonds. The Hall–Kier alpha value is -0.150. The lowest BCUT2D eigenvalue weighted by Crippen LogP contribution is -2.32. The van der Waals surface area contributed by atoms with E-state index in [-0.39, 0.29) is 0 Å². The Kier molecular flexibility index (Phi) is 3.68. The maximum atomic E-state index is 5.56. The minimum atomic E-state index is 0.342. The van der Waals surface area contributed by atoms with Gasteiger partial charge in [-0.05, 0) is 25.3 Å². The molecule has 3 atom stereocenters. The number of hydrogen-bond donors (Lipinski definition) is 1. The van der Waals surface area contributed by atoms with Gasteiger partial charge < -0.3 is 10.6 Å². The van der Waals surface area contributed by atoms with Crippen molar-refractivity contribution in [3.63, 3.8) is 0 Å². The minimum Gasteiger partial charge on any atom is -0.393 e. The van der Waals surface area contributed by atoms with Crippen molar-refractivity contribution >= 4 is 17.2 Å². The summed E-state index contributed by atoms with van der Waals surface area (Å²) >= 11 is 4.94. The standard InChI is InChI=1S/C10H20N2S/c1-7-4-9(7)6-12(3)5-8(2)10(11)13/h7-9H,4-6H2,1-3H3,(H2,11,13). The molecule has 0 radical (unpaired) electrons. The molecule has 1 rings (SSSR count). The molecule has 1 aliphatic rings. The summed E-state index contributed by atoms with van der Waals surface area (Å²) in [6, 6.07) is 0. The van der Waals surface area contributed by atoms with Crippen LogP contribution < -0.4 is 5.73 Å². The van der Waals surface area contributed by atoms with E-state index in [4.69, 9.17) is 18.0 Å². The van der Waals surface area contributed by atoms with Gasteiger partial charge in [0.05, 0.1) is 4.99 Å². The van der Waals surface area contributed by atoms with Crippen LogP contribution >= 0.6 is 12.2 Å². The highest BCUT2D eigenvalue weighted by molar-refractivity contribution is 7.80. The highest BCUT2D eigenvalue weighted by atomic mass is 32.1. The Morgan fingerprint density at radius 1 is 1.69 bits per heavy atom. The molecule has 0 aromatic carbocycles. The van der Waals surface area contributed by atoms with Crippen LogP contribution in [0.2, 0.25) is 0 Å². The highest BCUT2D eigenvalue weighted by Gasteiger charge is 2.33. The van der Waals surface area contributed by atoms with Crippen LogP contribution in [-0.4, -0.2) is 30.0 Å². The maximum Gasteiger partial charge on any atom is 0.0768 e. The van der Waals surface area contributed by atoms with E-state index in [1.54, 1.807) is 0 Å². The molecule has 0 aliphatic heterocycles. The van der Waals surface area contributed by atoms with Gasteiger partial charge >= 0.3 is 0 Å². The third kappa shape index (κ3) is 3.61. The quantitative estimate of drug-likeness (QED) is 0.682. The number of hydrogen-bond acceptors (Lipinski definition) is 2. The van der Waals surface area contributed by atoms with E-state index >= 15 is 0 Å². The molecular formula is C10H20N2S. The average molecular weight is 200 g/mol. The SMILES string of the molecule is CC(CN(C)CC1CC1C)C(N)=S. The largest absolute Gasteiger partial charge is 0.393 e. The Bertz CT molecular complexity index is 193. The molecule has 2 nitrogen and oxygen atoms in total. The van der Waals surface area contributed by atoms with Crippen LogP contribution in [0.15, 0.2) is 0 Å². The summed E-state index contributed by atoms with van der Waals surface area (Å²) in [6.45, 7) is 6.61. The van der Waals surface area contributed by atoms with Gasteiger partial charge in [-0.2, -0.15) is 0 Å². The molecule has 1 aliphatic carbocycles. The van der Waals surface area contributed by atoms with Crippen molar-refractivity contribution in [3.05, 3.63) is 0 Å². The van der Waals surface area contributed by atoms with Crippen molar-refractivity contribution in [2.24, 2.45) is 23.5 Å². The van der Waals surface area contributed by atoms with Crippen molar-refractivity contribution < 1.29 is 0 Å². The van der Waals surface area contributed by atoms with E-state index in [0.717, 1.165) is 18.4 Å². The smallest absolute Gasteiger partial charge is 0.0768 e. The zero-order valence-electron chi connectivity index (χ0n) is 8.79. The fraction of sp³-hybridized carbons (Fsp3) is 0.900. The van der Waals surface area contributed by atoms with E-state index in [1.807, 2.05) is 0 Å². The van der Waals surface area contributed by atoms with Crippen LogP contribution in [0.4, 0.5) is 0 Å². The predicted molar refractivity (Wildman–Crippen MR) is 60.7 cm³/mol. The van der Waals surface area contributed by atoms with Crippen LogP contribution in [0.1, 0.15) is 20.3 Å². The van der Waals surface area contributed by atoms with Crippen LogP contribution in [-0.2, 0) is 0 Å². The lowest BCUT2D eigenvalue weighted by molar-refractivity contribution is 0.298. The van der Waals surface area contributed by atoms with Crippen molar-refractivity contribution in [3.8, 4) is 0 Å². The van der Waals surface area contributed by atoms with Crippen molar-refractivity contribution in [2.45, 2.75) is 20.3 Å². The molecule has 0 saturated heterocycles. The first-order valence-corrected chi connectivity index (χ1v) is 5.39. The van der Waals surface area contributed by atoms with Crippen LogP contribution in [0, 0.1) is 17.8 Å². The number of nitrogens with zero attached hydrogens (tertiary/aromatic N) is 1. The minimum absolute atomic E-state index is 0.342. The van der Waals surface area contributed by atoms with Gasteiger partial charge in [-0.25, -0.2) is 0 Å². The van der Waals surface area contributed by atoms with Gasteiger partial charge in [0, 0.05) is 19.0 Å². The number of thiocarbonyl (C=S) groups is 1. The Labute approximate surface area is 86.5 Å². The van der Waals surface area contributed by atoms with Crippen molar-refractivity contribution in [2.75, 3.05) is 20.1 Å². The molecule has 76 valence electrons. The Morgan fingerprint density at radius 3 is 2.62 bits per heavy atom. The van der Waals surface area contributed by atoms with E-state index < -0.39 is 0 Å². The van der Waals surface area contributed by atoms with E-state index in [0.29, 0.717) is 10.9 Å². The fourth-order valence-electron chi connectivity index (χ4n) is 1.69. The summed E-state index contributed by atoms with van der Waals surface area (Å²) < 4.78 is 0. The van der Waals surface area contributed by atoms with Gasteiger partial charge in [-0.15, -0.1) is 0 Å². The van der Waals surface area contributed by atoms with Gasteiger partial charge in [-0.1, -0.05) is 26.1 Å². The molecule has 1 fully saturated rings. The molecule has 3 heteroatoms. The molecular weight excluding hydrogens is 180 g/mol. The molecule has 0 heterocycles. The highest BCUT2D eigenvalue weighted by Crippen LogP contribution is 2.37. The summed E-state index contributed by atoms with van der Waals surface area (Å²) in [6.07, 6.45) is 1.39. The number of rotatable bonds is 5. The third-order valence-electron chi connectivity index (χ3n) is 2.89. The maximum absolute atomic E-state index is 5.56. The van der Waals surface area contributed by atoms with Crippen LogP contribution in [0.3, 0.4) is 0 Å². The Morgan fingerprint density at radius 2 is 2.23 bits per heavy atom. The molecule has 0 bridgehead atoms. The second kappa shape index (κ2) is 4.38. The number of nitrogens with two attached hydrogens (primary N) is 1. The summed E-state index contributed by atoms with van der Waals surface area (Å²) in [5.41, 5.74) is 5.56. The molecule has 0 spiro atoms. The van der Waals surface area contributed by atoms with E-state index in [1.165, 1.54) is 13.0 Å². The van der Waals surface area contributed by atoms with E-state index in [2.05, 4.69) is 25.8 Å². The molecule has 1 saturated carbocycles. The summed E-state index contributed by atoms with van der Waals surface area (Å²) in [5, 5.41) is 0. The molecule has 3 unspecified atom stereocenters. The van der Waals surface area contributed by atoms with Gasteiger partial charge in [0.2, 0.25) is 0 Å². The zero-order chi connectivity index (χ0) is 10.0. The molecule has 13 heavy (non-hydrogen) atoms. The molecule has 2 N–H and O–H groups in total. The Balaban J connectivity index is 2.17. The first kappa shape index (κ1) is 10.9. The predicted octanol–water partition coefficient (Wildman–Crippen LogP) is 1.50.